The fourth-order valence-electron chi connectivity index (χ4n) is 2.98. The Bertz CT molecular complexity index is 1060. The summed E-state index contributed by atoms with van der Waals surface area (Å²) in [6.45, 7) is 7.27. The van der Waals surface area contributed by atoms with Gasteiger partial charge in [-0.3, -0.25) is 4.79 Å². The van der Waals surface area contributed by atoms with E-state index >= 15 is 0 Å². The lowest BCUT2D eigenvalue weighted by atomic mass is 10.1. The van der Waals surface area contributed by atoms with E-state index in [-0.39, 0.29) is 5.91 Å². The van der Waals surface area contributed by atoms with Crippen LogP contribution in [-0.4, -0.2) is 25.3 Å². The third-order valence-electron chi connectivity index (χ3n) is 4.61. The number of rotatable bonds is 10. The van der Waals surface area contributed by atoms with Crippen molar-refractivity contribution in [2.75, 3.05) is 13.2 Å². The summed E-state index contributed by atoms with van der Waals surface area (Å²) in [6.07, 6.45) is 1.57. The number of carbonyl (C=O) groups excluding carboxylic acids is 1. The van der Waals surface area contributed by atoms with Gasteiger partial charge in [-0.1, -0.05) is 42.0 Å². The highest BCUT2D eigenvalue weighted by molar-refractivity contribution is 5.95. The Morgan fingerprint density at radius 3 is 2.34 bits per heavy atom. The predicted molar refractivity (Wildman–Crippen MR) is 126 cm³/mol. The molecule has 1 N–H and O–H groups in total. The summed E-state index contributed by atoms with van der Waals surface area (Å²) >= 11 is 0. The lowest BCUT2D eigenvalue weighted by molar-refractivity contribution is 0.0954. The van der Waals surface area contributed by atoms with E-state index in [0.29, 0.717) is 42.6 Å². The van der Waals surface area contributed by atoms with Crippen molar-refractivity contribution in [3.63, 3.8) is 0 Å². The number of hydrogen-bond donors (Lipinski definition) is 1. The molecule has 32 heavy (non-hydrogen) atoms. The van der Waals surface area contributed by atoms with Gasteiger partial charge in [0.05, 0.1) is 19.4 Å². The second-order valence-electron chi connectivity index (χ2n) is 7.04. The van der Waals surface area contributed by atoms with E-state index in [2.05, 4.69) is 29.6 Å². The molecule has 0 aromatic heterocycles. The van der Waals surface area contributed by atoms with Crippen molar-refractivity contribution >= 4 is 12.1 Å². The normalized spacial score (nSPS) is 10.7. The summed E-state index contributed by atoms with van der Waals surface area (Å²) < 4.78 is 17.1. The van der Waals surface area contributed by atoms with Crippen LogP contribution in [-0.2, 0) is 6.61 Å². The maximum absolute atomic E-state index is 12.5. The molecule has 0 spiro atoms. The largest absolute Gasteiger partial charge is 0.490 e. The highest BCUT2D eigenvalue weighted by Crippen LogP contribution is 2.28. The van der Waals surface area contributed by atoms with Crippen molar-refractivity contribution in [3.8, 4) is 17.2 Å². The van der Waals surface area contributed by atoms with Crippen molar-refractivity contribution < 1.29 is 19.0 Å². The van der Waals surface area contributed by atoms with Crippen LogP contribution in [0.3, 0.4) is 0 Å². The molecule has 3 rings (SSSR count). The third-order valence-corrected chi connectivity index (χ3v) is 4.61. The van der Waals surface area contributed by atoms with Crippen LogP contribution in [0.4, 0.5) is 0 Å². The molecule has 0 fully saturated rings. The Morgan fingerprint density at radius 1 is 0.875 bits per heavy atom. The standard InChI is InChI=1S/C26H28N2O4/c1-4-30-24-15-14-21(16-25(24)31-5-2)26(29)28-27-17-22-8-6-7-9-23(22)32-18-20-12-10-19(3)11-13-20/h6-17H,4-5,18H2,1-3H3,(H,28,29)/b27-17+. The average Bonchev–Trinajstić information content (AvgIpc) is 2.81. The molecular formula is C26H28N2O4. The summed E-state index contributed by atoms with van der Waals surface area (Å²) in [4.78, 5) is 12.5. The topological polar surface area (TPSA) is 69.2 Å². The summed E-state index contributed by atoms with van der Waals surface area (Å²) in [5.74, 6) is 1.48. The van der Waals surface area contributed by atoms with Crippen LogP contribution in [0.25, 0.3) is 0 Å². The van der Waals surface area contributed by atoms with Crippen molar-refractivity contribution in [2.24, 2.45) is 5.10 Å². The zero-order valence-corrected chi connectivity index (χ0v) is 18.6. The molecule has 0 bridgehead atoms. The monoisotopic (exact) mass is 432 g/mol. The van der Waals surface area contributed by atoms with Gasteiger partial charge in [-0.25, -0.2) is 5.43 Å². The SMILES string of the molecule is CCOc1ccc(C(=O)N/N=C/c2ccccc2OCc2ccc(C)cc2)cc1OCC. The molecule has 3 aromatic carbocycles. The van der Waals surface area contributed by atoms with E-state index in [1.807, 2.05) is 50.2 Å². The second-order valence-corrected chi connectivity index (χ2v) is 7.04. The van der Waals surface area contributed by atoms with Gasteiger partial charge in [0.25, 0.3) is 5.91 Å². The number of aryl methyl sites for hydroxylation is 1. The maximum Gasteiger partial charge on any atom is 0.271 e. The van der Waals surface area contributed by atoms with E-state index in [1.165, 1.54) is 5.56 Å². The smallest absolute Gasteiger partial charge is 0.271 e. The van der Waals surface area contributed by atoms with Gasteiger partial charge in [0.2, 0.25) is 0 Å². The summed E-state index contributed by atoms with van der Waals surface area (Å²) in [6, 6.07) is 20.8. The fourth-order valence-corrected chi connectivity index (χ4v) is 2.98. The molecule has 3 aromatic rings. The molecule has 0 aliphatic rings. The first-order valence-corrected chi connectivity index (χ1v) is 10.6. The van der Waals surface area contributed by atoms with Gasteiger partial charge in [0.1, 0.15) is 12.4 Å². The van der Waals surface area contributed by atoms with E-state index < -0.39 is 0 Å². The van der Waals surface area contributed by atoms with Crippen LogP contribution in [0.1, 0.15) is 40.9 Å². The van der Waals surface area contributed by atoms with Gasteiger partial charge in [0.15, 0.2) is 11.5 Å². The Hall–Kier alpha value is -3.80. The van der Waals surface area contributed by atoms with Gasteiger partial charge in [-0.2, -0.15) is 5.10 Å². The minimum atomic E-state index is -0.344. The van der Waals surface area contributed by atoms with E-state index in [1.54, 1.807) is 24.4 Å². The van der Waals surface area contributed by atoms with Crippen LogP contribution < -0.4 is 19.6 Å². The molecular weight excluding hydrogens is 404 g/mol. The molecule has 0 atom stereocenters. The zero-order valence-electron chi connectivity index (χ0n) is 18.6. The Kier molecular flexibility index (Phi) is 8.26. The zero-order chi connectivity index (χ0) is 22.8. The van der Waals surface area contributed by atoms with Crippen molar-refractivity contribution in [1.29, 1.82) is 0 Å². The molecule has 0 aliphatic heterocycles. The fraction of sp³-hybridized carbons (Fsp3) is 0.231. The molecule has 166 valence electrons. The first kappa shape index (κ1) is 22.9. The summed E-state index contributed by atoms with van der Waals surface area (Å²) in [5, 5.41) is 4.10. The summed E-state index contributed by atoms with van der Waals surface area (Å²) in [7, 11) is 0. The van der Waals surface area contributed by atoms with Gasteiger partial charge in [0, 0.05) is 11.1 Å². The molecule has 0 unspecified atom stereocenters. The van der Waals surface area contributed by atoms with Crippen LogP contribution in [0, 0.1) is 6.92 Å². The number of ether oxygens (including phenoxy) is 3. The minimum Gasteiger partial charge on any atom is -0.490 e. The molecule has 0 aliphatic carbocycles. The van der Waals surface area contributed by atoms with Crippen LogP contribution in [0.15, 0.2) is 71.8 Å². The molecule has 1 amide bonds. The van der Waals surface area contributed by atoms with E-state index in [9.17, 15) is 4.79 Å². The number of nitrogens with zero attached hydrogens (tertiary/aromatic N) is 1. The first-order valence-electron chi connectivity index (χ1n) is 10.6. The Labute approximate surface area is 188 Å². The molecule has 0 saturated carbocycles. The highest BCUT2D eigenvalue weighted by Gasteiger charge is 2.11. The number of para-hydroxylation sites is 1. The number of amides is 1. The van der Waals surface area contributed by atoms with Crippen LogP contribution in [0.2, 0.25) is 0 Å². The van der Waals surface area contributed by atoms with Crippen LogP contribution in [0.5, 0.6) is 17.2 Å². The number of hydrogen-bond acceptors (Lipinski definition) is 5. The lowest BCUT2D eigenvalue weighted by Gasteiger charge is -2.12. The van der Waals surface area contributed by atoms with E-state index in [4.69, 9.17) is 14.2 Å². The van der Waals surface area contributed by atoms with Crippen molar-refractivity contribution in [3.05, 3.63) is 89.0 Å². The summed E-state index contributed by atoms with van der Waals surface area (Å²) in [5.41, 5.74) is 6.03. The second kappa shape index (κ2) is 11.6. The number of carbonyl (C=O) groups is 1. The molecule has 6 heteroatoms. The van der Waals surface area contributed by atoms with Gasteiger partial charge in [-0.15, -0.1) is 0 Å². The van der Waals surface area contributed by atoms with Crippen molar-refractivity contribution in [2.45, 2.75) is 27.4 Å². The Balaban J connectivity index is 1.65. The third kappa shape index (κ3) is 6.35. The van der Waals surface area contributed by atoms with Gasteiger partial charge in [-0.05, 0) is 56.7 Å². The molecule has 0 radical (unpaired) electrons. The van der Waals surface area contributed by atoms with Crippen molar-refractivity contribution in [1.82, 2.24) is 5.43 Å². The first-order chi connectivity index (χ1) is 15.6. The number of hydrazone groups is 1. The maximum atomic E-state index is 12.5. The van der Waals surface area contributed by atoms with Gasteiger partial charge < -0.3 is 14.2 Å². The van der Waals surface area contributed by atoms with Gasteiger partial charge >= 0.3 is 0 Å². The molecule has 0 heterocycles. The Morgan fingerprint density at radius 2 is 1.59 bits per heavy atom. The molecule has 0 saturated heterocycles. The lowest BCUT2D eigenvalue weighted by Crippen LogP contribution is -2.18. The minimum absolute atomic E-state index is 0.344. The number of benzene rings is 3. The highest BCUT2D eigenvalue weighted by atomic mass is 16.5. The van der Waals surface area contributed by atoms with Crippen LogP contribution >= 0.6 is 0 Å². The quantitative estimate of drug-likeness (QED) is 0.356. The van der Waals surface area contributed by atoms with E-state index in [0.717, 1.165) is 11.1 Å². The predicted octanol–water partition coefficient (Wildman–Crippen LogP) is 5.14. The molecule has 6 nitrogen and oxygen atoms in total. The average molecular weight is 433 g/mol. The number of nitrogens with one attached hydrogen (secondary N) is 1.